The Hall–Kier alpha value is -0.620. The monoisotopic (exact) mass is 308 g/mol. The highest BCUT2D eigenvalue weighted by Crippen LogP contribution is 2.26. The SMILES string of the molecule is CCCCC(CC)COC(=O)C(C)(CC)CS(=O)(=O)O. The lowest BCUT2D eigenvalue weighted by molar-refractivity contribution is -0.155. The summed E-state index contributed by atoms with van der Waals surface area (Å²) in [4.78, 5) is 12.1. The van der Waals surface area contributed by atoms with E-state index in [1.165, 1.54) is 6.92 Å². The Morgan fingerprint density at radius 2 is 1.90 bits per heavy atom. The standard InChI is InChI=1S/C14H28O5S/c1-5-8-9-12(6-2)10-19-13(15)14(4,7-3)11-20(16,17)18/h12H,5-11H2,1-4H3,(H,16,17,18). The molecule has 0 aliphatic carbocycles. The first-order valence-electron chi connectivity index (χ1n) is 7.30. The molecule has 2 unspecified atom stereocenters. The van der Waals surface area contributed by atoms with Crippen molar-refractivity contribution < 1.29 is 22.5 Å². The van der Waals surface area contributed by atoms with E-state index in [0.29, 0.717) is 18.9 Å². The van der Waals surface area contributed by atoms with Gasteiger partial charge in [-0.25, -0.2) is 0 Å². The molecular weight excluding hydrogens is 280 g/mol. The molecule has 0 aromatic heterocycles. The van der Waals surface area contributed by atoms with Crippen LogP contribution in [0, 0.1) is 11.3 Å². The summed E-state index contributed by atoms with van der Waals surface area (Å²) in [5.74, 6) is -0.834. The number of hydrogen-bond acceptors (Lipinski definition) is 4. The molecule has 0 aromatic rings. The number of rotatable bonds is 10. The number of hydrogen-bond donors (Lipinski definition) is 1. The summed E-state index contributed by atoms with van der Waals surface area (Å²) < 4.78 is 36.2. The number of carbonyl (C=O) groups is 1. The van der Waals surface area contributed by atoms with Crippen molar-refractivity contribution in [3.8, 4) is 0 Å². The fraction of sp³-hybridized carbons (Fsp3) is 0.929. The van der Waals surface area contributed by atoms with E-state index in [9.17, 15) is 13.2 Å². The van der Waals surface area contributed by atoms with Gasteiger partial charge in [0.05, 0.1) is 17.8 Å². The lowest BCUT2D eigenvalue weighted by atomic mass is 9.90. The first kappa shape index (κ1) is 19.4. The van der Waals surface area contributed by atoms with Crippen LogP contribution < -0.4 is 0 Å². The molecule has 0 aliphatic heterocycles. The van der Waals surface area contributed by atoms with Crippen LogP contribution in [0.3, 0.4) is 0 Å². The molecule has 0 radical (unpaired) electrons. The van der Waals surface area contributed by atoms with Gasteiger partial charge in [0.15, 0.2) is 0 Å². The number of carbonyl (C=O) groups excluding carboxylic acids is 1. The Kier molecular flexibility index (Phi) is 8.35. The van der Waals surface area contributed by atoms with E-state index in [2.05, 4.69) is 6.92 Å². The van der Waals surface area contributed by atoms with Crippen LogP contribution in [0.25, 0.3) is 0 Å². The third kappa shape index (κ3) is 7.24. The summed E-state index contributed by atoms with van der Waals surface area (Å²) in [6.45, 7) is 7.69. The van der Waals surface area contributed by atoms with Crippen LogP contribution in [0.2, 0.25) is 0 Å². The van der Waals surface area contributed by atoms with Crippen molar-refractivity contribution in [1.29, 1.82) is 0 Å². The molecule has 0 aliphatic rings. The maximum Gasteiger partial charge on any atom is 0.312 e. The maximum absolute atomic E-state index is 12.1. The molecule has 0 amide bonds. The first-order chi connectivity index (χ1) is 9.18. The van der Waals surface area contributed by atoms with Gasteiger partial charge in [-0.1, -0.05) is 40.0 Å². The highest BCUT2D eigenvalue weighted by atomic mass is 32.2. The number of ether oxygens (including phenoxy) is 1. The molecule has 0 spiro atoms. The summed E-state index contributed by atoms with van der Waals surface area (Å²) in [6, 6.07) is 0. The topological polar surface area (TPSA) is 80.7 Å². The van der Waals surface area contributed by atoms with Crippen LogP contribution in [0.1, 0.15) is 59.8 Å². The van der Waals surface area contributed by atoms with Crippen LogP contribution in [-0.4, -0.2) is 31.3 Å². The second-order valence-corrected chi connectivity index (χ2v) is 7.11. The first-order valence-corrected chi connectivity index (χ1v) is 8.91. The predicted molar refractivity (Wildman–Crippen MR) is 79.1 cm³/mol. The Morgan fingerprint density at radius 1 is 1.30 bits per heavy atom. The lowest BCUT2D eigenvalue weighted by Crippen LogP contribution is -2.37. The highest BCUT2D eigenvalue weighted by Gasteiger charge is 2.37. The third-order valence-corrected chi connectivity index (χ3v) is 4.77. The summed E-state index contributed by atoms with van der Waals surface area (Å²) in [7, 11) is -4.20. The van der Waals surface area contributed by atoms with Gasteiger partial charge in [-0.3, -0.25) is 9.35 Å². The molecule has 0 aromatic carbocycles. The van der Waals surface area contributed by atoms with E-state index < -0.39 is 27.3 Å². The molecule has 0 fully saturated rings. The quantitative estimate of drug-likeness (QED) is 0.495. The number of esters is 1. The van der Waals surface area contributed by atoms with Gasteiger partial charge in [0.1, 0.15) is 0 Å². The molecule has 2 atom stereocenters. The summed E-state index contributed by atoms with van der Waals surface area (Å²) in [5.41, 5.74) is -1.18. The van der Waals surface area contributed by atoms with Crippen molar-refractivity contribution >= 4 is 16.1 Å². The molecule has 6 heteroatoms. The second kappa shape index (κ2) is 8.62. The number of unbranched alkanes of at least 4 members (excludes halogenated alkanes) is 1. The van der Waals surface area contributed by atoms with Crippen molar-refractivity contribution in [3.05, 3.63) is 0 Å². The molecule has 0 bridgehead atoms. The summed E-state index contributed by atoms with van der Waals surface area (Å²) >= 11 is 0. The van der Waals surface area contributed by atoms with Crippen molar-refractivity contribution in [3.63, 3.8) is 0 Å². The Balaban J connectivity index is 4.55. The average molecular weight is 308 g/mol. The highest BCUT2D eigenvalue weighted by molar-refractivity contribution is 7.85. The van der Waals surface area contributed by atoms with Crippen LogP contribution in [0.15, 0.2) is 0 Å². The van der Waals surface area contributed by atoms with Crippen molar-refractivity contribution in [2.45, 2.75) is 59.8 Å². The van der Waals surface area contributed by atoms with E-state index in [1.807, 2.05) is 6.92 Å². The van der Waals surface area contributed by atoms with E-state index in [0.717, 1.165) is 25.7 Å². The van der Waals surface area contributed by atoms with Crippen LogP contribution >= 0.6 is 0 Å². The predicted octanol–water partition coefficient (Wildman–Crippen LogP) is 3.05. The van der Waals surface area contributed by atoms with Crippen molar-refractivity contribution in [2.75, 3.05) is 12.4 Å². The molecule has 5 nitrogen and oxygen atoms in total. The van der Waals surface area contributed by atoms with E-state index in [1.54, 1.807) is 6.92 Å². The fourth-order valence-corrected chi connectivity index (χ4v) is 3.10. The second-order valence-electron chi connectivity index (χ2n) is 5.66. The molecule has 0 saturated heterocycles. The average Bonchev–Trinajstić information content (AvgIpc) is 2.36. The zero-order valence-corrected chi connectivity index (χ0v) is 13.8. The zero-order chi connectivity index (χ0) is 15.8. The summed E-state index contributed by atoms with van der Waals surface area (Å²) in [6.07, 6.45) is 4.42. The van der Waals surface area contributed by atoms with Crippen LogP contribution in [0.4, 0.5) is 0 Å². The van der Waals surface area contributed by atoms with E-state index in [4.69, 9.17) is 9.29 Å². The van der Waals surface area contributed by atoms with Crippen LogP contribution in [-0.2, 0) is 19.6 Å². The Labute approximate surface area is 122 Å². The Morgan fingerprint density at radius 3 is 2.30 bits per heavy atom. The van der Waals surface area contributed by atoms with Gasteiger partial charge < -0.3 is 4.74 Å². The van der Waals surface area contributed by atoms with E-state index in [-0.39, 0.29) is 0 Å². The molecule has 0 saturated carbocycles. The van der Waals surface area contributed by atoms with Crippen molar-refractivity contribution in [2.24, 2.45) is 11.3 Å². The van der Waals surface area contributed by atoms with Gasteiger partial charge in [-0.2, -0.15) is 8.42 Å². The molecule has 0 heterocycles. The zero-order valence-electron chi connectivity index (χ0n) is 13.0. The van der Waals surface area contributed by atoms with Gasteiger partial charge in [-0.15, -0.1) is 0 Å². The van der Waals surface area contributed by atoms with Crippen molar-refractivity contribution in [1.82, 2.24) is 0 Å². The lowest BCUT2D eigenvalue weighted by Gasteiger charge is -2.25. The Bertz CT molecular complexity index is 390. The largest absolute Gasteiger partial charge is 0.465 e. The maximum atomic E-state index is 12.1. The van der Waals surface area contributed by atoms with Gasteiger partial charge in [0, 0.05) is 0 Å². The third-order valence-electron chi connectivity index (χ3n) is 3.77. The normalized spacial score (nSPS) is 16.4. The molecule has 0 rings (SSSR count). The smallest absolute Gasteiger partial charge is 0.312 e. The van der Waals surface area contributed by atoms with Crippen LogP contribution in [0.5, 0.6) is 0 Å². The minimum absolute atomic E-state index is 0.303. The fourth-order valence-electron chi connectivity index (χ4n) is 1.97. The minimum Gasteiger partial charge on any atom is -0.465 e. The van der Waals surface area contributed by atoms with Gasteiger partial charge >= 0.3 is 5.97 Å². The van der Waals surface area contributed by atoms with Gasteiger partial charge in [-0.05, 0) is 25.7 Å². The molecular formula is C14H28O5S. The minimum atomic E-state index is -4.20. The van der Waals surface area contributed by atoms with Gasteiger partial charge in [0.2, 0.25) is 0 Å². The molecule has 120 valence electrons. The van der Waals surface area contributed by atoms with E-state index >= 15 is 0 Å². The summed E-state index contributed by atoms with van der Waals surface area (Å²) in [5, 5.41) is 0. The van der Waals surface area contributed by atoms with Gasteiger partial charge in [0.25, 0.3) is 10.1 Å². The molecule has 1 N–H and O–H groups in total. The molecule has 20 heavy (non-hydrogen) atoms.